The molecular formula is C33H34N4O6S2. The third-order valence-electron chi connectivity index (χ3n) is 7.36. The zero-order valence-corrected chi connectivity index (χ0v) is 26.4. The first-order valence-electron chi connectivity index (χ1n) is 14.4. The molecule has 4 aromatic rings. The quantitative estimate of drug-likeness (QED) is 0.192. The van der Waals surface area contributed by atoms with Crippen LogP contribution in [0, 0.1) is 0 Å². The third-order valence-corrected chi connectivity index (χ3v) is 11.1. The van der Waals surface area contributed by atoms with Gasteiger partial charge in [0, 0.05) is 31.7 Å². The maximum absolute atomic E-state index is 13.5. The van der Waals surface area contributed by atoms with Crippen molar-refractivity contribution in [1.29, 1.82) is 0 Å². The minimum absolute atomic E-state index is 0.114. The molecule has 0 atom stereocenters. The van der Waals surface area contributed by atoms with Gasteiger partial charge in [-0.3, -0.25) is 4.79 Å². The molecule has 0 saturated carbocycles. The molecule has 12 heteroatoms. The Labute approximate surface area is 264 Å². The van der Waals surface area contributed by atoms with Gasteiger partial charge in [-0.15, -0.1) is 0 Å². The Morgan fingerprint density at radius 2 is 1.27 bits per heavy atom. The molecule has 5 rings (SSSR count). The van der Waals surface area contributed by atoms with Gasteiger partial charge in [-0.2, -0.15) is 13.7 Å². The number of carbonyl (C=O) groups excluding carboxylic acids is 1. The number of hydrazone groups is 1. The van der Waals surface area contributed by atoms with Gasteiger partial charge >= 0.3 is 0 Å². The number of nitrogens with one attached hydrogen (secondary N) is 1. The Morgan fingerprint density at radius 3 is 1.87 bits per heavy atom. The molecule has 0 unspecified atom stereocenters. The standard InChI is InChI=1S/C33H34N4O6S2/c1-26(29-16-18-32(19-17-29)44(39,40)36-20-22-43-23-21-36)34-35-33(38)30-14-12-28(13-15-30)25-37(24-27-8-4-2-5-9-27)45(41,42)31-10-6-3-7-11-31/h2-19H,20-25H2,1H3,(H,35,38)/b34-26+. The molecule has 0 aromatic heterocycles. The number of rotatable bonds is 11. The van der Waals surface area contributed by atoms with Crippen molar-refractivity contribution in [3.63, 3.8) is 0 Å². The number of amides is 1. The summed E-state index contributed by atoms with van der Waals surface area (Å²) in [6, 6.07) is 30.7. The number of hydrogen-bond donors (Lipinski definition) is 1. The molecule has 45 heavy (non-hydrogen) atoms. The van der Waals surface area contributed by atoms with Crippen LogP contribution in [0.1, 0.15) is 34.0 Å². The molecule has 1 fully saturated rings. The van der Waals surface area contributed by atoms with E-state index >= 15 is 0 Å². The molecule has 1 aliphatic heterocycles. The van der Waals surface area contributed by atoms with Crippen molar-refractivity contribution in [2.75, 3.05) is 26.3 Å². The van der Waals surface area contributed by atoms with E-state index in [1.807, 2.05) is 30.3 Å². The fourth-order valence-corrected chi connectivity index (χ4v) is 7.63. The number of ether oxygens (including phenoxy) is 1. The Balaban J connectivity index is 1.25. The van der Waals surface area contributed by atoms with Crippen molar-refractivity contribution in [1.82, 2.24) is 14.0 Å². The molecule has 10 nitrogen and oxygen atoms in total. The average Bonchev–Trinajstić information content (AvgIpc) is 3.08. The van der Waals surface area contributed by atoms with E-state index in [1.165, 1.54) is 20.7 Å². The van der Waals surface area contributed by atoms with Crippen LogP contribution in [0.15, 0.2) is 124 Å². The number of hydrogen-bond acceptors (Lipinski definition) is 7. The number of benzene rings is 4. The smallest absolute Gasteiger partial charge is 0.271 e. The molecule has 0 aliphatic carbocycles. The largest absolute Gasteiger partial charge is 0.379 e. The van der Waals surface area contributed by atoms with Crippen LogP contribution in [0.4, 0.5) is 0 Å². The number of carbonyl (C=O) groups is 1. The van der Waals surface area contributed by atoms with Crippen LogP contribution in [0.2, 0.25) is 0 Å². The van der Waals surface area contributed by atoms with E-state index in [4.69, 9.17) is 4.74 Å². The van der Waals surface area contributed by atoms with Crippen LogP contribution in [0.5, 0.6) is 0 Å². The van der Waals surface area contributed by atoms with E-state index in [2.05, 4.69) is 10.5 Å². The molecule has 1 N–H and O–H groups in total. The highest BCUT2D eigenvalue weighted by Crippen LogP contribution is 2.22. The van der Waals surface area contributed by atoms with Gasteiger partial charge in [-0.25, -0.2) is 22.3 Å². The minimum atomic E-state index is -3.79. The normalized spacial score (nSPS) is 14.8. The van der Waals surface area contributed by atoms with Gasteiger partial charge in [0.25, 0.3) is 5.91 Å². The van der Waals surface area contributed by atoms with E-state index in [0.29, 0.717) is 48.7 Å². The van der Waals surface area contributed by atoms with E-state index in [-0.39, 0.29) is 22.9 Å². The molecule has 1 aliphatic rings. The van der Waals surface area contributed by atoms with Crippen LogP contribution in [-0.2, 0) is 37.9 Å². The second-order valence-corrected chi connectivity index (χ2v) is 14.3. The lowest BCUT2D eigenvalue weighted by Crippen LogP contribution is -2.40. The maximum Gasteiger partial charge on any atom is 0.271 e. The Hall–Kier alpha value is -4.20. The lowest BCUT2D eigenvalue weighted by molar-refractivity contribution is 0.0730. The first-order chi connectivity index (χ1) is 21.6. The lowest BCUT2D eigenvalue weighted by atomic mass is 10.1. The molecule has 1 amide bonds. The second kappa shape index (κ2) is 14.3. The van der Waals surface area contributed by atoms with Crippen LogP contribution < -0.4 is 5.43 Å². The summed E-state index contributed by atoms with van der Waals surface area (Å²) in [5, 5.41) is 4.19. The fourth-order valence-electron chi connectivity index (χ4n) is 4.79. The summed E-state index contributed by atoms with van der Waals surface area (Å²) in [6.45, 7) is 3.38. The molecule has 1 heterocycles. The van der Waals surface area contributed by atoms with Gasteiger partial charge in [0.05, 0.1) is 28.7 Å². The topological polar surface area (TPSA) is 125 Å². The molecule has 0 spiro atoms. The van der Waals surface area contributed by atoms with E-state index < -0.39 is 26.0 Å². The highest BCUT2D eigenvalue weighted by Gasteiger charge is 2.27. The minimum Gasteiger partial charge on any atom is -0.379 e. The van der Waals surface area contributed by atoms with E-state index in [0.717, 1.165) is 5.56 Å². The Kier molecular flexibility index (Phi) is 10.2. The number of sulfonamides is 2. The number of morpholine rings is 1. The fraction of sp³-hybridized carbons (Fsp3) is 0.212. The number of nitrogens with zero attached hydrogens (tertiary/aromatic N) is 3. The van der Waals surface area contributed by atoms with Crippen LogP contribution in [0.3, 0.4) is 0 Å². The van der Waals surface area contributed by atoms with E-state index in [9.17, 15) is 21.6 Å². The van der Waals surface area contributed by atoms with Crippen molar-refractivity contribution in [2.45, 2.75) is 29.8 Å². The summed E-state index contributed by atoms with van der Waals surface area (Å²) in [7, 11) is -7.40. The molecule has 0 bridgehead atoms. The van der Waals surface area contributed by atoms with Gasteiger partial charge in [0.15, 0.2) is 0 Å². The van der Waals surface area contributed by atoms with Gasteiger partial charge in [0.2, 0.25) is 20.0 Å². The van der Waals surface area contributed by atoms with Gasteiger partial charge in [-0.05, 0) is 60.0 Å². The van der Waals surface area contributed by atoms with Crippen LogP contribution in [-0.4, -0.2) is 63.4 Å². The highest BCUT2D eigenvalue weighted by molar-refractivity contribution is 7.89. The first-order valence-corrected chi connectivity index (χ1v) is 17.2. The summed E-state index contributed by atoms with van der Waals surface area (Å²) in [4.78, 5) is 13.2. The Bertz CT molecular complexity index is 1840. The summed E-state index contributed by atoms with van der Waals surface area (Å²) in [5.41, 5.74) is 5.61. The van der Waals surface area contributed by atoms with Crippen LogP contribution in [0.25, 0.3) is 0 Å². The third kappa shape index (κ3) is 7.91. The van der Waals surface area contributed by atoms with Gasteiger partial charge in [-0.1, -0.05) is 72.8 Å². The summed E-state index contributed by atoms with van der Waals surface area (Å²) < 4.78 is 60.9. The SMILES string of the molecule is C/C(=N\NC(=O)c1ccc(CN(Cc2ccccc2)S(=O)(=O)c2ccccc2)cc1)c1ccc(S(=O)(=O)N2CCOCC2)cc1. The second-order valence-electron chi connectivity index (χ2n) is 10.4. The predicted octanol–water partition coefficient (Wildman–Crippen LogP) is 4.25. The zero-order chi connectivity index (χ0) is 31.9. The summed E-state index contributed by atoms with van der Waals surface area (Å²) >= 11 is 0. The maximum atomic E-state index is 13.5. The molecule has 234 valence electrons. The summed E-state index contributed by atoms with van der Waals surface area (Å²) in [5.74, 6) is -0.439. The lowest BCUT2D eigenvalue weighted by Gasteiger charge is -2.26. The van der Waals surface area contributed by atoms with Crippen molar-refractivity contribution in [3.05, 3.63) is 131 Å². The monoisotopic (exact) mass is 646 g/mol. The van der Waals surface area contributed by atoms with Crippen molar-refractivity contribution >= 4 is 31.7 Å². The molecule has 1 saturated heterocycles. The van der Waals surface area contributed by atoms with Crippen LogP contribution >= 0.6 is 0 Å². The van der Waals surface area contributed by atoms with Crippen molar-refractivity contribution in [3.8, 4) is 0 Å². The molecule has 4 aromatic carbocycles. The average molecular weight is 647 g/mol. The van der Waals surface area contributed by atoms with Gasteiger partial charge < -0.3 is 4.74 Å². The van der Waals surface area contributed by atoms with Crippen molar-refractivity contribution < 1.29 is 26.4 Å². The van der Waals surface area contributed by atoms with Gasteiger partial charge in [0.1, 0.15) is 0 Å². The summed E-state index contributed by atoms with van der Waals surface area (Å²) in [6.07, 6.45) is 0. The van der Waals surface area contributed by atoms with E-state index in [1.54, 1.807) is 73.7 Å². The highest BCUT2D eigenvalue weighted by atomic mass is 32.2. The predicted molar refractivity (Wildman–Crippen MR) is 171 cm³/mol. The first kappa shape index (κ1) is 32.2. The van der Waals surface area contributed by atoms with Crippen molar-refractivity contribution in [2.24, 2.45) is 5.10 Å². The molecular weight excluding hydrogens is 613 g/mol. The zero-order valence-electron chi connectivity index (χ0n) is 24.7. The molecule has 0 radical (unpaired) electrons. The Morgan fingerprint density at radius 1 is 0.733 bits per heavy atom.